The fourth-order valence-corrected chi connectivity index (χ4v) is 2.19. The zero-order chi connectivity index (χ0) is 14.2. The molecule has 2 heterocycles. The molecule has 6 heteroatoms. The molecule has 0 amide bonds. The van der Waals surface area contributed by atoms with Crippen molar-refractivity contribution in [3.8, 4) is 0 Å². The third-order valence-electron chi connectivity index (χ3n) is 3.04. The summed E-state index contributed by atoms with van der Waals surface area (Å²) in [7, 11) is 0. The number of fused-ring (bicyclic) bond motifs is 1. The van der Waals surface area contributed by atoms with Gasteiger partial charge in [-0.3, -0.25) is 4.79 Å². The molecule has 2 aromatic heterocycles. The van der Waals surface area contributed by atoms with E-state index in [1.54, 1.807) is 25.5 Å². The van der Waals surface area contributed by atoms with Crippen LogP contribution in [0.2, 0.25) is 0 Å². The first-order chi connectivity index (χ1) is 9.01. The van der Waals surface area contributed by atoms with Crippen LogP contribution in [0.15, 0.2) is 4.79 Å². The molecule has 102 valence electrons. The van der Waals surface area contributed by atoms with E-state index >= 15 is 0 Å². The molecule has 6 nitrogen and oxygen atoms in total. The molecule has 0 aliphatic carbocycles. The number of carbonyl (C=O) groups excluding carboxylic acids is 1. The summed E-state index contributed by atoms with van der Waals surface area (Å²) < 4.78 is 6.64. The number of ether oxygens (including phenoxy) is 1. The first-order valence-corrected chi connectivity index (χ1v) is 6.28. The minimum atomic E-state index is -0.591. The van der Waals surface area contributed by atoms with Crippen LogP contribution >= 0.6 is 0 Å². The number of hydrogen-bond donors (Lipinski definition) is 1. The molecule has 0 atom stereocenters. The average molecular weight is 263 g/mol. The molecule has 1 N–H and O–H groups in total. The van der Waals surface area contributed by atoms with Gasteiger partial charge in [-0.05, 0) is 27.7 Å². The van der Waals surface area contributed by atoms with E-state index in [1.807, 2.05) is 6.92 Å². The highest BCUT2D eigenvalue weighted by atomic mass is 16.5. The maximum absolute atomic E-state index is 12.4. The Balaban J connectivity index is 2.79. The van der Waals surface area contributed by atoms with E-state index in [0.717, 1.165) is 0 Å². The number of aromatic nitrogens is 3. The van der Waals surface area contributed by atoms with Crippen molar-refractivity contribution < 1.29 is 9.53 Å². The molecule has 2 rings (SSSR count). The lowest BCUT2D eigenvalue weighted by Gasteiger charge is -2.06. The van der Waals surface area contributed by atoms with Crippen LogP contribution in [0.3, 0.4) is 0 Å². The van der Waals surface area contributed by atoms with Crippen molar-refractivity contribution in [3.05, 3.63) is 27.2 Å². The van der Waals surface area contributed by atoms with Gasteiger partial charge >= 0.3 is 5.97 Å². The summed E-state index contributed by atoms with van der Waals surface area (Å²) in [5.41, 5.74) is 1.51. The van der Waals surface area contributed by atoms with Gasteiger partial charge < -0.3 is 9.72 Å². The Morgan fingerprint density at radius 2 is 2.05 bits per heavy atom. The van der Waals surface area contributed by atoms with Gasteiger partial charge in [-0.2, -0.15) is 5.10 Å². The Hall–Kier alpha value is -2.11. The molecule has 0 fully saturated rings. The molecule has 19 heavy (non-hydrogen) atoms. The smallest absolute Gasteiger partial charge is 0.343 e. The Bertz CT molecular complexity index is 697. The van der Waals surface area contributed by atoms with Crippen LogP contribution in [0, 0.1) is 13.8 Å². The predicted octanol–water partition coefficient (Wildman–Crippen LogP) is 1.54. The van der Waals surface area contributed by atoms with E-state index < -0.39 is 5.97 Å². The second-order valence-corrected chi connectivity index (χ2v) is 4.30. The van der Waals surface area contributed by atoms with Crippen molar-refractivity contribution in [2.24, 2.45) is 0 Å². The minimum absolute atomic E-state index is 0.0631. The molecular weight excluding hydrogens is 246 g/mol. The number of H-pyrrole nitrogens is 1. The lowest BCUT2D eigenvalue weighted by atomic mass is 10.1. The molecule has 0 radical (unpaired) electrons. The van der Waals surface area contributed by atoms with Crippen molar-refractivity contribution in [1.82, 2.24) is 14.8 Å². The number of hydrogen-bond acceptors (Lipinski definition) is 4. The van der Waals surface area contributed by atoms with E-state index in [0.29, 0.717) is 29.0 Å². The molecule has 0 bridgehead atoms. The maximum Gasteiger partial charge on any atom is 0.343 e. The predicted molar refractivity (Wildman–Crippen MR) is 71.5 cm³/mol. The molecule has 0 saturated carbocycles. The number of nitrogens with zero attached hydrogens (tertiary/aromatic N) is 2. The second-order valence-electron chi connectivity index (χ2n) is 4.30. The Morgan fingerprint density at radius 1 is 1.37 bits per heavy atom. The van der Waals surface area contributed by atoms with Gasteiger partial charge in [0.25, 0.3) is 0 Å². The van der Waals surface area contributed by atoms with Crippen LogP contribution in [0.5, 0.6) is 0 Å². The van der Waals surface area contributed by atoms with E-state index in [4.69, 9.17) is 4.74 Å². The quantitative estimate of drug-likeness (QED) is 0.852. The molecular formula is C13H17N3O3. The highest BCUT2D eigenvalue weighted by Crippen LogP contribution is 2.15. The van der Waals surface area contributed by atoms with Gasteiger partial charge in [0.2, 0.25) is 5.43 Å². The van der Waals surface area contributed by atoms with E-state index in [1.165, 1.54) is 0 Å². The van der Waals surface area contributed by atoms with E-state index in [-0.39, 0.29) is 17.6 Å². The molecule has 0 spiro atoms. The third kappa shape index (κ3) is 2.03. The normalized spacial score (nSPS) is 10.9. The summed E-state index contributed by atoms with van der Waals surface area (Å²) >= 11 is 0. The van der Waals surface area contributed by atoms with Gasteiger partial charge in [-0.15, -0.1) is 0 Å². The number of aryl methyl sites for hydroxylation is 3. The summed E-state index contributed by atoms with van der Waals surface area (Å²) in [6.07, 6.45) is 0. The van der Waals surface area contributed by atoms with Gasteiger partial charge in [0.05, 0.1) is 17.7 Å². The summed E-state index contributed by atoms with van der Waals surface area (Å²) in [6.45, 7) is 7.99. The summed E-state index contributed by atoms with van der Waals surface area (Å²) in [5, 5.41) is 4.74. The molecule has 0 aromatic carbocycles. The largest absolute Gasteiger partial charge is 0.462 e. The molecule has 0 aliphatic rings. The van der Waals surface area contributed by atoms with Crippen LogP contribution in [0.25, 0.3) is 11.0 Å². The fraction of sp³-hybridized carbons (Fsp3) is 0.462. The fourth-order valence-electron chi connectivity index (χ4n) is 2.19. The SMILES string of the molecule is CCOC(=O)c1c(C)[nH]c2c(c(C)nn2CC)c1=O. The average Bonchev–Trinajstić information content (AvgIpc) is 2.66. The number of pyridine rings is 1. The summed E-state index contributed by atoms with van der Waals surface area (Å²) in [5.74, 6) is -0.591. The highest BCUT2D eigenvalue weighted by molar-refractivity contribution is 5.95. The van der Waals surface area contributed by atoms with Crippen LogP contribution in [-0.2, 0) is 11.3 Å². The lowest BCUT2D eigenvalue weighted by molar-refractivity contribution is 0.0524. The van der Waals surface area contributed by atoms with Gasteiger partial charge in [0.1, 0.15) is 11.2 Å². The van der Waals surface area contributed by atoms with Gasteiger partial charge in [0, 0.05) is 12.2 Å². The first kappa shape index (κ1) is 13.3. The minimum Gasteiger partial charge on any atom is -0.462 e. The molecule has 0 saturated heterocycles. The monoisotopic (exact) mass is 263 g/mol. The van der Waals surface area contributed by atoms with E-state index in [2.05, 4.69) is 10.1 Å². The second kappa shape index (κ2) is 4.87. The number of nitrogens with one attached hydrogen (secondary N) is 1. The molecule has 0 unspecified atom stereocenters. The number of esters is 1. The zero-order valence-corrected chi connectivity index (χ0v) is 11.5. The van der Waals surface area contributed by atoms with Crippen LogP contribution in [0.1, 0.15) is 35.6 Å². The van der Waals surface area contributed by atoms with Gasteiger partial charge in [-0.1, -0.05) is 0 Å². The van der Waals surface area contributed by atoms with Crippen molar-refractivity contribution in [1.29, 1.82) is 0 Å². The molecule has 2 aromatic rings. The van der Waals surface area contributed by atoms with Crippen molar-refractivity contribution in [2.45, 2.75) is 34.2 Å². The number of aromatic amines is 1. The van der Waals surface area contributed by atoms with E-state index in [9.17, 15) is 9.59 Å². The first-order valence-electron chi connectivity index (χ1n) is 6.28. The van der Waals surface area contributed by atoms with Crippen LogP contribution in [0.4, 0.5) is 0 Å². The van der Waals surface area contributed by atoms with Gasteiger partial charge in [0.15, 0.2) is 0 Å². The third-order valence-corrected chi connectivity index (χ3v) is 3.04. The number of carbonyl (C=O) groups is 1. The van der Waals surface area contributed by atoms with Gasteiger partial charge in [-0.25, -0.2) is 9.48 Å². The topological polar surface area (TPSA) is 77.0 Å². The Morgan fingerprint density at radius 3 is 2.63 bits per heavy atom. The molecule has 0 aliphatic heterocycles. The van der Waals surface area contributed by atoms with Crippen LogP contribution in [-0.4, -0.2) is 27.3 Å². The summed E-state index contributed by atoms with van der Waals surface area (Å²) in [4.78, 5) is 27.4. The Labute approximate surface area is 110 Å². The lowest BCUT2D eigenvalue weighted by Crippen LogP contribution is -2.21. The summed E-state index contributed by atoms with van der Waals surface area (Å²) in [6, 6.07) is 0. The zero-order valence-electron chi connectivity index (χ0n) is 11.5. The van der Waals surface area contributed by atoms with Crippen molar-refractivity contribution in [2.75, 3.05) is 6.61 Å². The van der Waals surface area contributed by atoms with Crippen LogP contribution < -0.4 is 5.43 Å². The highest BCUT2D eigenvalue weighted by Gasteiger charge is 2.21. The Kier molecular flexibility index (Phi) is 3.42. The van der Waals surface area contributed by atoms with Crippen molar-refractivity contribution in [3.63, 3.8) is 0 Å². The number of rotatable bonds is 3. The van der Waals surface area contributed by atoms with Crippen molar-refractivity contribution >= 4 is 17.0 Å². The maximum atomic E-state index is 12.4. The standard InChI is InChI=1S/C13H17N3O3/c1-5-16-12-9(8(4)15-16)11(17)10(7(3)14-12)13(18)19-6-2/h5-6H2,1-4H3,(H,14,17).